The van der Waals surface area contributed by atoms with Gasteiger partial charge in [0.25, 0.3) is 0 Å². The minimum absolute atomic E-state index is 0.550. The minimum Gasteiger partial charge on any atom is -0.310 e. The molecular formula is C15H26BrNS. The lowest BCUT2D eigenvalue weighted by atomic mass is 10.0. The van der Waals surface area contributed by atoms with Crippen LogP contribution in [0.3, 0.4) is 0 Å². The molecule has 1 aromatic rings. The van der Waals surface area contributed by atoms with Gasteiger partial charge in [0.1, 0.15) is 0 Å². The molecule has 0 aliphatic carbocycles. The van der Waals surface area contributed by atoms with Crippen LogP contribution in [0, 0.1) is 0 Å². The lowest BCUT2D eigenvalue weighted by molar-refractivity contribution is 0.469. The first kappa shape index (κ1) is 16.2. The highest BCUT2D eigenvalue weighted by Crippen LogP contribution is 2.28. The monoisotopic (exact) mass is 331 g/mol. The largest absolute Gasteiger partial charge is 0.310 e. The molecule has 0 aliphatic rings. The average molecular weight is 332 g/mol. The Bertz CT molecular complexity index is 311. The molecule has 0 bridgehead atoms. The molecule has 1 heterocycles. The van der Waals surface area contributed by atoms with Crippen molar-refractivity contribution in [3.63, 3.8) is 0 Å². The van der Waals surface area contributed by atoms with E-state index in [1.54, 1.807) is 11.3 Å². The molecule has 1 aromatic heterocycles. The van der Waals surface area contributed by atoms with E-state index < -0.39 is 0 Å². The van der Waals surface area contributed by atoms with Gasteiger partial charge in [0.05, 0.1) is 3.79 Å². The summed E-state index contributed by atoms with van der Waals surface area (Å²) in [4.78, 5) is 0. The average Bonchev–Trinajstić information content (AvgIpc) is 2.79. The Morgan fingerprint density at radius 2 is 1.94 bits per heavy atom. The highest BCUT2D eigenvalue weighted by molar-refractivity contribution is 9.11. The first-order valence-corrected chi connectivity index (χ1v) is 8.92. The van der Waals surface area contributed by atoms with Crippen molar-refractivity contribution in [2.75, 3.05) is 6.54 Å². The number of unbranched alkanes of at least 4 members (excludes halogenated alkanes) is 4. The zero-order chi connectivity index (χ0) is 13.2. The summed E-state index contributed by atoms with van der Waals surface area (Å²) in [5.41, 5.74) is 1.45. The molecular weight excluding hydrogens is 306 g/mol. The topological polar surface area (TPSA) is 12.0 Å². The molecule has 0 amide bonds. The third-order valence-electron chi connectivity index (χ3n) is 3.23. The van der Waals surface area contributed by atoms with E-state index in [4.69, 9.17) is 0 Å². The molecule has 1 rings (SSSR count). The Morgan fingerprint density at radius 1 is 1.17 bits per heavy atom. The Hall–Kier alpha value is 0.140. The normalized spacial score (nSPS) is 12.8. The lowest BCUT2D eigenvalue weighted by Crippen LogP contribution is -2.21. The second-order valence-corrected chi connectivity index (χ2v) is 7.18. The molecule has 0 aromatic carbocycles. The molecule has 0 spiro atoms. The SMILES string of the molecule is CCCCCCCC(NCCC)c1csc(Br)c1. The number of hydrogen-bond donors (Lipinski definition) is 1. The van der Waals surface area contributed by atoms with Crippen molar-refractivity contribution in [1.29, 1.82) is 0 Å². The molecule has 0 fully saturated rings. The van der Waals surface area contributed by atoms with Gasteiger partial charge in [-0.2, -0.15) is 0 Å². The van der Waals surface area contributed by atoms with Gasteiger partial charge in [0, 0.05) is 6.04 Å². The van der Waals surface area contributed by atoms with Crippen molar-refractivity contribution < 1.29 is 0 Å². The number of hydrogen-bond acceptors (Lipinski definition) is 2. The summed E-state index contributed by atoms with van der Waals surface area (Å²) in [6, 6.07) is 2.82. The predicted molar refractivity (Wildman–Crippen MR) is 86.4 cm³/mol. The van der Waals surface area contributed by atoms with Crippen molar-refractivity contribution in [1.82, 2.24) is 5.32 Å². The van der Waals surface area contributed by atoms with E-state index in [0.717, 1.165) is 6.54 Å². The van der Waals surface area contributed by atoms with Crippen LogP contribution < -0.4 is 5.32 Å². The lowest BCUT2D eigenvalue weighted by Gasteiger charge is -2.17. The van der Waals surface area contributed by atoms with E-state index in [-0.39, 0.29) is 0 Å². The van der Waals surface area contributed by atoms with Crippen LogP contribution in [-0.4, -0.2) is 6.54 Å². The zero-order valence-electron chi connectivity index (χ0n) is 11.7. The summed E-state index contributed by atoms with van der Waals surface area (Å²) in [6.07, 6.45) is 9.30. The Labute approximate surface area is 125 Å². The van der Waals surface area contributed by atoms with Crippen LogP contribution in [0.5, 0.6) is 0 Å². The standard InChI is InChI=1S/C15H26BrNS/c1-3-5-6-7-8-9-14(17-10-4-2)13-11-15(16)18-12-13/h11-12,14,17H,3-10H2,1-2H3. The molecule has 0 saturated carbocycles. The minimum atomic E-state index is 0.550. The fourth-order valence-electron chi connectivity index (χ4n) is 2.16. The number of thiophene rings is 1. The van der Waals surface area contributed by atoms with Crippen LogP contribution in [0.15, 0.2) is 15.2 Å². The summed E-state index contributed by atoms with van der Waals surface area (Å²) in [5, 5.41) is 5.96. The van der Waals surface area contributed by atoms with E-state index in [1.165, 1.54) is 54.3 Å². The van der Waals surface area contributed by atoms with Gasteiger partial charge in [-0.3, -0.25) is 0 Å². The smallest absolute Gasteiger partial charge is 0.0701 e. The maximum absolute atomic E-state index is 3.68. The van der Waals surface area contributed by atoms with Crippen LogP contribution in [0.25, 0.3) is 0 Å². The second-order valence-electron chi connectivity index (χ2n) is 4.89. The fourth-order valence-corrected chi connectivity index (χ4v) is 3.39. The van der Waals surface area contributed by atoms with E-state index in [0.29, 0.717) is 6.04 Å². The molecule has 0 radical (unpaired) electrons. The van der Waals surface area contributed by atoms with Crippen molar-refractivity contribution >= 4 is 27.3 Å². The van der Waals surface area contributed by atoms with Crippen molar-refractivity contribution in [2.24, 2.45) is 0 Å². The Morgan fingerprint density at radius 3 is 2.56 bits per heavy atom. The van der Waals surface area contributed by atoms with Crippen LogP contribution in [0.1, 0.15) is 70.4 Å². The summed E-state index contributed by atoms with van der Waals surface area (Å²) >= 11 is 5.35. The summed E-state index contributed by atoms with van der Waals surface area (Å²) in [7, 11) is 0. The predicted octanol–water partition coefficient (Wildman–Crippen LogP) is 5.91. The maximum Gasteiger partial charge on any atom is 0.0701 e. The molecule has 3 heteroatoms. The Balaban J connectivity index is 2.36. The van der Waals surface area contributed by atoms with Crippen molar-refractivity contribution in [3.8, 4) is 0 Å². The summed E-state index contributed by atoms with van der Waals surface area (Å²) in [6.45, 7) is 5.62. The van der Waals surface area contributed by atoms with Gasteiger partial charge in [0.2, 0.25) is 0 Å². The van der Waals surface area contributed by atoms with Gasteiger partial charge in [-0.05, 0) is 52.3 Å². The van der Waals surface area contributed by atoms with Crippen molar-refractivity contribution in [2.45, 2.75) is 64.8 Å². The van der Waals surface area contributed by atoms with Crippen LogP contribution >= 0.6 is 27.3 Å². The van der Waals surface area contributed by atoms with Gasteiger partial charge in [-0.25, -0.2) is 0 Å². The summed E-state index contributed by atoms with van der Waals surface area (Å²) < 4.78 is 1.24. The maximum atomic E-state index is 3.68. The highest BCUT2D eigenvalue weighted by atomic mass is 79.9. The molecule has 18 heavy (non-hydrogen) atoms. The van der Waals surface area contributed by atoms with Gasteiger partial charge in [-0.15, -0.1) is 11.3 Å². The molecule has 1 unspecified atom stereocenters. The van der Waals surface area contributed by atoms with Crippen molar-refractivity contribution in [3.05, 3.63) is 20.8 Å². The van der Waals surface area contributed by atoms with E-state index in [1.807, 2.05) is 0 Å². The van der Waals surface area contributed by atoms with Crippen LogP contribution in [0.2, 0.25) is 0 Å². The molecule has 0 aliphatic heterocycles. The van der Waals surface area contributed by atoms with Crippen LogP contribution in [0.4, 0.5) is 0 Å². The first-order chi connectivity index (χ1) is 8.77. The van der Waals surface area contributed by atoms with Gasteiger partial charge >= 0.3 is 0 Å². The van der Waals surface area contributed by atoms with Gasteiger partial charge in [0.15, 0.2) is 0 Å². The molecule has 1 atom stereocenters. The number of rotatable bonds is 10. The third kappa shape index (κ3) is 6.35. The van der Waals surface area contributed by atoms with Gasteiger partial charge in [-0.1, -0.05) is 46.0 Å². The summed E-state index contributed by atoms with van der Waals surface area (Å²) in [5.74, 6) is 0. The molecule has 0 saturated heterocycles. The van der Waals surface area contributed by atoms with E-state index >= 15 is 0 Å². The Kier molecular flexibility index (Phi) is 8.99. The molecule has 1 N–H and O–H groups in total. The molecule has 1 nitrogen and oxygen atoms in total. The first-order valence-electron chi connectivity index (χ1n) is 7.25. The van der Waals surface area contributed by atoms with Crippen LogP contribution in [-0.2, 0) is 0 Å². The fraction of sp³-hybridized carbons (Fsp3) is 0.733. The van der Waals surface area contributed by atoms with E-state index in [2.05, 4.69) is 46.5 Å². The zero-order valence-corrected chi connectivity index (χ0v) is 14.1. The highest BCUT2D eigenvalue weighted by Gasteiger charge is 2.11. The number of nitrogens with one attached hydrogen (secondary N) is 1. The second kappa shape index (κ2) is 9.99. The third-order valence-corrected chi connectivity index (χ3v) is 4.75. The number of halogens is 1. The van der Waals surface area contributed by atoms with E-state index in [9.17, 15) is 0 Å². The van der Waals surface area contributed by atoms with Gasteiger partial charge < -0.3 is 5.32 Å². The molecule has 104 valence electrons. The quantitative estimate of drug-likeness (QED) is 0.525.